The highest BCUT2D eigenvalue weighted by atomic mass is 35.5. The first-order chi connectivity index (χ1) is 9.85. The summed E-state index contributed by atoms with van der Waals surface area (Å²) in [6.45, 7) is 7.06. The number of ether oxygens (including phenoxy) is 1. The minimum Gasteiger partial charge on any atom is -0.455 e. The van der Waals surface area contributed by atoms with Gasteiger partial charge in [0.25, 0.3) is 0 Å². The normalized spacial score (nSPS) is 11.5. The maximum atomic E-state index is 6.14. The third-order valence-electron chi connectivity index (χ3n) is 2.89. The zero-order chi connectivity index (χ0) is 15.5. The summed E-state index contributed by atoms with van der Waals surface area (Å²) in [6.07, 6.45) is 0. The molecule has 0 heterocycles. The van der Waals surface area contributed by atoms with Crippen LogP contribution in [0.15, 0.2) is 42.5 Å². The Kier molecular flexibility index (Phi) is 5.15. The van der Waals surface area contributed by atoms with Crippen molar-refractivity contribution in [1.82, 2.24) is 5.32 Å². The quantitative estimate of drug-likeness (QED) is 0.782. The SMILES string of the molecule is CC(C)(C)NCc1ccc(Cl)cc1Oc1ccccc1Cl. The Hall–Kier alpha value is -1.22. The molecule has 0 aliphatic carbocycles. The van der Waals surface area contributed by atoms with Gasteiger partial charge in [-0.3, -0.25) is 0 Å². The third kappa shape index (κ3) is 4.92. The van der Waals surface area contributed by atoms with Crippen LogP contribution in [0.3, 0.4) is 0 Å². The summed E-state index contributed by atoms with van der Waals surface area (Å²) in [5.74, 6) is 1.34. The van der Waals surface area contributed by atoms with Gasteiger partial charge >= 0.3 is 0 Å². The Bertz CT molecular complexity index is 620. The number of hydrogen-bond donors (Lipinski definition) is 1. The van der Waals surface area contributed by atoms with Gasteiger partial charge in [0.1, 0.15) is 11.5 Å². The summed E-state index contributed by atoms with van der Waals surface area (Å²) in [6, 6.07) is 13.0. The molecule has 0 aliphatic rings. The van der Waals surface area contributed by atoms with E-state index in [1.54, 1.807) is 6.07 Å². The number of hydrogen-bond acceptors (Lipinski definition) is 2. The van der Waals surface area contributed by atoms with E-state index in [1.165, 1.54) is 0 Å². The van der Waals surface area contributed by atoms with Crippen molar-refractivity contribution in [2.75, 3.05) is 0 Å². The van der Waals surface area contributed by atoms with Gasteiger partial charge in [0, 0.05) is 22.7 Å². The van der Waals surface area contributed by atoms with Gasteiger partial charge in [-0.15, -0.1) is 0 Å². The van der Waals surface area contributed by atoms with Gasteiger partial charge in [0.2, 0.25) is 0 Å². The Balaban J connectivity index is 2.25. The number of para-hydroxylation sites is 1. The first-order valence-corrected chi connectivity index (χ1v) is 7.56. The lowest BCUT2D eigenvalue weighted by molar-refractivity contribution is 0.414. The van der Waals surface area contributed by atoms with Crippen LogP contribution in [0.2, 0.25) is 10.0 Å². The van der Waals surface area contributed by atoms with E-state index in [-0.39, 0.29) is 5.54 Å². The monoisotopic (exact) mass is 323 g/mol. The molecule has 0 spiro atoms. The van der Waals surface area contributed by atoms with E-state index in [1.807, 2.05) is 36.4 Å². The highest BCUT2D eigenvalue weighted by Gasteiger charge is 2.12. The lowest BCUT2D eigenvalue weighted by Crippen LogP contribution is -2.35. The van der Waals surface area contributed by atoms with Crippen LogP contribution in [0.5, 0.6) is 11.5 Å². The molecule has 0 atom stereocenters. The smallest absolute Gasteiger partial charge is 0.146 e. The molecule has 21 heavy (non-hydrogen) atoms. The van der Waals surface area contributed by atoms with E-state index in [9.17, 15) is 0 Å². The van der Waals surface area contributed by atoms with Crippen LogP contribution in [0, 0.1) is 0 Å². The van der Waals surface area contributed by atoms with Crippen molar-refractivity contribution in [3.05, 3.63) is 58.1 Å². The third-order valence-corrected chi connectivity index (χ3v) is 3.44. The van der Waals surface area contributed by atoms with Crippen molar-refractivity contribution in [3.63, 3.8) is 0 Å². The molecule has 4 heteroatoms. The molecule has 0 bridgehead atoms. The summed E-state index contributed by atoms with van der Waals surface area (Å²) in [5, 5.41) is 4.65. The van der Waals surface area contributed by atoms with Crippen LogP contribution in [-0.4, -0.2) is 5.54 Å². The van der Waals surface area contributed by atoms with Gasteiger partial charge in [-0.05, 0) is 45.0 Å². The van der Waals surface area contributed by atoms with Crippen LogP contribution in [0.1, 0.15) is 26.3 Å². The molecular formula is C17H19Cl2NO. The minimum atomic E-state index is 0.0291. The van der Waals surface area contributed by atoms with E-state index in [0.29, 0.717) is 28.1 Å². The molecule has 0 unspecified atom stereocenters. The molecule has 1 N–H and O–H groups in total. The number of halogens is 2. The van der Waals surface area contributed by atoms with Crippen molar-refractivity contribution in [1.29, 1.82) is 0 Å². The lowest BCUT2D eigenvalue weighted by atomic mass is 10.1. The fourth-order valence-electron chi connectivity index (χ4n) is 1.78. The molecule has 0 fully saturated rings. The molecule has 0 amide bonds. The van der Waals surface area contributed by atoms with Crippen molar-refractivity contribution >= 4 is 23.2 Å². The van der Waals surface area contributed by atoms with E-state index in [2.05, 4.69) is 26.1 Å². The molecule has 2 nitrogen and oxygen atoms in total. The first kappa shape index (κ1) is 16.2. The molecule has 0 radical (unpaired) electrons. The molecule has 0 aliphatic heterocycles. The van der Waals surface area contributed by atoms with E-state index < -0.39 is 0 Å². The maximum absolute atomic E-state index is 6.14. The fraction of sp³-hybridized carbons (Fsp3) is 0.294. The largest absolute Gasteiger partial charge is 0.455 e. The molecule has 2 aromatic rings. The van der Waals surface area contributed by atoms with Gasteiger partial charge in [-0.25, -0.2) is 0 Å². The molecule has 2 rings (SSSR count). The summed E-state index contributed by atoms with van der Waals surface area (Å²) >= 11 is 12.2. The van der Waals surface area contributed by atoms with Gasteiger partial charge in [0.15, 0.2) is 0 Å². The summed E-state index contributed by atoms with van der Waals surface area (Å²) in [5.41, 5.74) is 1.07. The van der Waals surface area contributed by atoms with E-state index >= 15 is 0 Å². The second-order valence-corrected chi connectivity index (χ2v) is 6.73. The van der Waals surface area contributed by atoms with Crippen LogP contribution >= 0.6 is 23.2 Å². The second-order valence-electron chi connectivity index (χ2n) is 5.89. The van der Waals surface area contributed by atoms with Crippen molar-refractivity contribution in [3.8, 4) is 11.5 Å². The van der Waals surface area contributed by atoms with E-state index in [4.69, 9.17) is 27.9 Å². The Morgan fingerprint density at radius 1 is 1.00 bits per heavy atom. The summed E-state index contributed by atoms with van der Waals surface area (Å²) < 4.78 is 5.93. The second kappa shape index (κ2) is 6.69. The summed E-state index contributed by atoms with van der Waals surface area (Å²) in [7, 11) is 0. The molecule has 2 aromatic carbocycles. The molecule has 0 saturated carbocycles. The highest BCUT2D eigenvalue weighted by molar-refractivity contribution is 6.32. The molecule has 0 aromatic heterocycles. The zero-order valence-electron chi connectivity index (χ0n) is 12.4. The highest BCUT2D eigenvalue weighted by Crippen LogP contribution is 2.32. The zero-order valence-corrected chi connectivity index (χ0v) is 13.9. The van der Waals surface area contributed by atoms with Crippen LogP contribution < -0.4 is 10.1 Å². The Labute approximate surface area is 136 Å². The first-order valence-electron chi connectivity index (χ1n) is 6.81. The average Bonchev–Trinajstić information content (AvgIpc) is 2.39. The van der Waals surface area contributed by atoms with Crippen molar-refractivity contribution < 1.29 is 4.74 Å². The lowest BCUT2D eigenvalue weighted by Gasteiger charge is -2.22. The summed E-state index contributed by atoms with van der Waals surface area (Å²) in [4.78, 5) is 0. The average molecular weight is 324 g/mol. The van der Waals surface area contributed by atoms with Gasteiger partial charge < -0.3 is 10.1 Å². The maximum Gasteiger partial charge on any atom is 0.146 e. The van der Waals surface area contributed by atoms with Crippen LogP contribution in [0.25, 0.3) is 0 Å². The van der Waals surface area contributed by atoms with Crippen molar-refractivity contribution in [2.24, 2.45) is 0 Å². The molecule has 0 saturated heterocycles. The topological polar surface area (TPSA) is 21.3 Å². The predicted molar refractivity (Wildman–Crippen MR) is 89.6 cm³/mol. The molecule has 112 valence electrons. The minimum absolute atomic E-state index is 0.0291. The van der Waals surface area contributed by atoms with E-state index in [0.717, 1.165) is 5.56 Å². The Morgan fingerprint density at radius 3 is 2.38 bits per heavy atom. The van der Waals surface area contributed by atoms with Gasteiger partial charge in [-0.1, -0.05) is 41.4 Å². The number of benzene rings is 2. The molecular weight excluding hydrogens is 305 g/mol. The predicted octanol–water partition coefficient (Wildman–Crippen LogP) is 5.67. The van der Waals surface area contributed by atoms with Crippen LogP contribution in [-0.2, 0) is 6.54 Å². The standard InChI is InChI=1S/C17H19Cl2NO/c1-17(2,3)20-11-12-8-9-13(18)10-16(12)21-15-7-5-4-6-14(15)19/h4-10,20H,11H2,1-3H3. The Morgan fingerprint density at radius 2 is 1.71 bits per heavy atom. The fourth-order valence-corrected chi connectivity index (χ4v) is 2.11. The van der Waals surface area contributed by atoms with Gasteiger partial charge in [-0.2, -0.15) is 0 Å². The number of rotatable bonds is 4. The number of nitrogens with one attached hydrogen (secondary N) is 1. The van der Waals surface area contributed by atoms with Gasteiger partial charge in [0.05, 0.1) is 5.02 Å². The van der Waals surface area contributed by atoms with Crippen LogP contribution in [0.4, 0.5) is 0 Å². The van der Waals surface area contributed by atoms with Crippen molar-refractivity contribution in [2.45, 2.75) is 32.9 Å².